The molecule has 0 saturated carbocycles. The van der Waals surface area contributed by atoms with E-state index in [4.69, 9.17) is 10.6 Å². The lowest BCUT2D eigenvalue weighted by atomic mass is 10.1. The van der Waals surface area contributed by atoms with E-state index in [-0.39, 0.29) is 0 Å². The van der Waals surface area contributed by atoms with E-state index in [1.807, 2.05) is 5.38 Å². The molecule has 2 aromatic heterocycles. The fourth-order valence-electron chi connectivity index (χ4n) is 2.05. The number of nitrogens with two attached hydrogens (primary N) is 1. The van der Waals surface area contributed by atoms with E-state index in [0.29, 0.717) is 19.0 Å². The minimum Gasteiger partial charge on any atom is -0.376 e. The molecular formula is C12H14N4OS. The number of nitrogens with zero attached hydrogens (tertiary/aromatic N) is 2. The highest BCUT2D eigenvalue weighted by Gasteiger charge is 2.19. The Morgan fingerprint density at radius 1 is 1.44 bits per heavy atom. The SMILES string of the molecule is Cc1ccsc1-c1nc2c(c(NN)n1)COCC2. The number of hydrazine groups is 1. The summed E-state index contributed by atoms with van der Waals surface area (Å²) < 4.78 is 5.42. The number of anilines is 1. The Morgan fingerprint density at radius 2 is 2.33 bits per heavy atom. The van der Waals surface area contributed by atoms with Crippen LogP contribution in [0.25, 0.3) is 10.7 Å². The van der Waals surface area contributed by atoms with E-state index in [9.17, 15) is 0 Å². The monoisotopic (exact) mass is 262 g/mol. The lowest BCUT2D eigenvalue weighted by Crippen LogP contribution is -2.19. The first kappa shape index (κ1) is 11.6. The van der Waals surface area contributed by atoms with Gasteiger partial charge in [-0.05, 0) is 23.9 Å². The summed E-state index contributed by atoms with van der Waals surface area (Å²) >= 11 is 1.65. The summed E-state index contributed by atoms with van der Waals surface area (Å²) in [6.45, 7) is 3.29. The number of hydrogen-bond donors (Lipinski definition) is 2. The third-order valence-electron chi connectivity index (χ3n) is 3.02. The second-order valence-corrected chi connectivity index (χ2v) is 5.12. The fourth-order valence-corrected chi connectivity index (χ4v) is 2.91. The van der Waals surface area contributed by atoms with Crippen molar-refractivity contribution in [2.45, 2.75) is 20.0 Å². The molecule has 6 heteroatoms. The van der Waals surface area contributed by atoms with Crippen LogP contribution in [0.15, 0.2) is 11.4 Å². The number of thiophene rings is 1. The second-order valence-electron chi connectivity index (χ2n) is 4.20. The van der Waals surface area contributed by atoms with Crippen LogP contribution >= 0.6 is 11.3 Å². The molecule has 0 spiro atoms. The van der Waals surface area contributed by atoms with Gasteiger partial charge in [0, 0.05) is 12.0 Å². The number of ether oxygens (including phenoxy) is 1. The van der Waals surface area contributed by atoms with Crippen molar-refractivity contribution in [3.8, 4) is 10.7 Å². The molecule has 3 N–H and O–H groups in total. The van der Waals surface area contributed by atoms with Crippen LogP contribution in [0.4, 0.5) is 5.82 Å². The Bertz CT molecular complexity index is 564. The van der Waals surface area contributed by atoms with Gasteiger partial charge in [0.2, 0.25) is 0 Å². The molecule has 0 radical (unpaired) electrons. The first-order chi connectivity index (χ1) is 8.79. The molecule has 0 atom stereocenters. The van der Waals surface area contributed by atoms with E-state index in [0.717, 1.165) is 28.4 Å². The zero-order valence-corrected chi connectivity index (χ0v) is 10.9. The maximum absolute atomic E-state index is 5.54. The van der Waals surface area contributed by atoms with Gasteiger partial charge in [-0.1, -0.05) is 0 Å². The van der Waals surface area contributed by atoms with Gasteiger partial charge in [-0.3, -0.25) is 0 Å². The molecular weight excluding hydrogens is 248 g/mol. The highest BCUT2D eigenvalue weighted by Crippen LogP contribution is 2.30. The minimum absolute atomic E-state index is 0.526. The summed E-state index contributed by atoms with van der Waals surface area (Å²) in [5.74, 6) is 6.96. The van der Waals surface area contributed by atoms with Crippen molar-refractivity contribution < 1.29 is 4.74 Å². The molecule has 0 aromatic carbocycles. The van der Waals surface area contributed by atoms with Gasteiger partial charge >= 0.3 is 0 Å². The van der Waals surface area contributed by atoms with Crippen molar-refractivity contribution in [3.05, 3.63) is 28.3 Å². The number of rotatable bonds is 2. The number of nitrogens with one attached hydrogen (secondary N) is 1. The summed E-state index contributed by atoms with van der Waals surface area (Å²) in [4.78, 5) is 10.2. The first-order valence-electron chi connectivity index (χ1n) is 5.78. The standard InChI is InChI=1S/C12H14N4OS/c1-7-3-5-18-10(7)12-14-9-2-4-17-6-8(9)11(15-12)16-13/h3,5H,2,4,6,13H2,1H3,(H,14,15,16). The van der Waals surface area contributed by atoms with Crippen molar-refractivity contribution in [2.24, 2.45) is 5.84 Å². The lowest BCUT2D eigenvalue weighted by Gasteiger charge is -2.18. The van der Waals surface area contributed by atoms with Gasteiger partial charge in [0.1, 0.15) is 5.82 Å². The van der Waals surface area contributed by atoms with Gasteiger partial charge in [-0.25, -0.2) is 15.8 Å². The van der Waals surface area contributed by atoms with Crippen molar-refractivity contribution >= 4 is 17.2 Å². The Hall–Kier alpha value is -1.50. The van der Waals surface area contributed by atoms with Crippen molar-refractivity contribution in [1.82, 2.24) is 9.97 Å². The quantitative estimate of drug-likeness (QED) is 0.638. The van der Waals surface area contributed by atoms with Crippen LogP contribution in [-0.4, -0.2) is 16.6 Å². The number of aryl methyl sites for hydroxylation is 1. The molecule has 3 rings (SSSR count). The average Bonchev–Trinajstić information content (AvgIpc) is 2.83. The number of nitrogen functional groups attached to an aromatic ring is 1. The van der Waals surface area contributed by atoms with E-state index in [2.05, 4.69) is 28.4 Å². The second kappa shape index (κ2) is 4.64. The topological polar surface area (TPSA) is 73.1 Å². The minimum atomic E-state index is 0.526. The molecule has 94 valence electrons. The summed E-state index contributed by atoms with van der Waals surface area (Å²) in [6.07, 6.45) is 0.809. The van der Waals surface area contributed by atoms with Gasteiger partial charge in [-0.15, -0.1) is 11.3 Å². The van der Waals surface area contributed by atoms with Crippen LogP contribution < -0.4 is 11.3 Å². The molecule has 0 saturated heterocycles. The van der Waals surface area contributed by atoms with Gasteiger partial charge in [0.05, 0.1) is 23.8 Å². The normalized spacial score (nSPS) is 14.3. The van der Waals surface area contributed by atoms with Gasteiger partial charge in [0.15, 0.2) is 5.82 Å². The highest BCUT2D eigenvalue weighted by atomic mass is 32.1. The Kier molecular flexibility index (Phi) is 2.99. The summed E-state index contributed by atoms with van der Waals surface area (Å²) in [7, 11) is 0. The molecule has 1 aliphatic heterocycles. The third kappa shape index (κ3) is 1.88. The Balaban J connectivity index is 2.14. The predicted octanol–water partition coefficient (Wildman–Crippen LogP) is 1.87. The molecule has 5 nitrogen and oxygen atoms in total. The summed E-state index contributed by atoms with van der Waals surface area (Å²) in [5.41, 5.74) is 5.85. The number of hydrogen-bond acceptors (Lipinski definition) is 6. The molecule has 0 amide bonds. The zero-order valence-electron chi connectivity index (χ0n) is 10.1. The maximum Gasteiger partial charge on any atom is 0.172 e. The van der Waals surface area contributed by atoms with E-state index < -0.39 is 0 Å². The largest absolute Gasteiger partial charge is 0.376 e. The summed E-state index contributed by atoms with van der Waals surface area (Å²) in [5, 5.41) is 2.05. The molecule has 1 aliphatic rings. The number of aromatic nitrogens is 2. The molecule has 0 bridgehead atoms. The Morgan fingerprint density at radius 3 is 3.06 bits per heavy atom. The van der Waals surface area contributed by atoms with Crippen LogP contribution in [0.2, 0.25) is 0 Å². The smallest absolute Gasteiger partial charge is 0.172 e. The lowest BCUT2D eigenvalue weighted by molar-refractivity contribution is 0.109. The van der Waals surface area contributed by atoms with Crippen LogP contribution in [0.3, 0.4) is 0 Å². The molecule has 0 aliphatic carbocycles. The van der Waals surface area contributed by atoms with Gasteiger partial charge < -0.3 is 10.2 Å². The average molecular weight is 262 g/mol. The van der Waals surface area contributed by atoms with Crippen LogP contribution in [0.1, 0.15) is 16.8 Å². The van der Waals surface area contributed by atoms with Crippen LogP contribution in [0.5, 0.6) is 0 Å². The highest BCUT2D eigenvalue weighted by molar-refractivity contribution is 7.13. The Labute approximate surface area is 109 Å². The van der Waals surface area contributed by atoms with E-state index in [1.165, 1.54) is 5.56 Å². The summed E-state index contributed by atoms with van der Waals surface area (Å²) in [6, 6.07) is 2.07. The van der Waals surface area contributed by atoms with Gasteiger partial charge in [0.25, 0.3) is 0 Å². The van der Waals surface area contributed by atoms with Crippen LogP contribution in [0, 0.1) is 6.92 Å². The van der Waals surface area contributed by atoms with Crippen molar-refractivity contribution in [3.63, 3.8) is 0 Å². The maximum atomic E-state index is 5.54. The molecule has 18 heavy (non-hydrogen) atoms. The first-order valence-corrected chi connectivity index (χ1v) is 6.66. The van der Waals surface area contributed by atoms with Crippen LogP contribution in [-0.2, 0) is 17.8 Å². The molecule has 3 heterocycles. The molecule has 0 fully saturated rings. The third-order valence-corrected chi connectivity index (χ3v) is 4.04. The molecule has 0 unspecified atom stereocenters. The van der Waals surface area contributed by atoms with Crippen molar-refractivity contribution in [1.29, 1.82) is 0 Å². The predicted molar refractivity (Wildman–Crippen MR) is 71.3 cm³/mol. The fraction of sp³-hybridized carbons (Fsp3) is 0.333. The van der Waals surface area contributed by atoms with E-state index >= 15 is 0 Å². The zero-order chi connectivity index (χ0) is 12.5. The van der Waals surface area contributed by atoms with Gasteiger partial charge in [-0.2, -0.15) is 0 Å². The number of fused-ring (bicyclic) bond motifs is 1. The van der Waals surface area contributed by atoms with Crippen molar-refractivity contribution in [2.75, 3.05) is 12.0 Å². The molecule has 2 aromatic rings. The van der Waals surface area contributed by atoms with E-state index in [1.54, 1.807) is 11.3 Å².